The molecule has 2 unspecified atom stereocenters. The third-order valence-corrected chi connectivity index (χ3v) is 6.73. The second-order valence-corrected chi connectivity index (χ2v) is 8.98. The maximum atomic E-state index is 13.2. The Morgan fingerprint density at radius 3 is 2.55 bits per heavy atom. The van der Waals surface area contributed by atoms with Gasteiger partial charge in [-0.3, -0.25) is 9.69 Å². The molecule has 0 spiro atoms. The smallest absolute Gasteiger partial charge is 0.260 e. The fourth-order valence-corrected chi connectivity index (χ4v) is 4.75. The van der Waals surface area contributed by atoms with Crippen LogP contribution in [0.2, 0.25) is 0 Å². The minimum atomic E-state index is -0.223. The van der Waals surface area contributed by atoms with Gasteiger partial charge < -0.3 is 9.64 Å². The Morgan fingerprint density at radius 1 is 1.03 bits per heavy atom. The monoisotopic (exact) mass is 484 g/mol. The zero-order valence-corrected chi connectivity index (χ0v) is 19.3. The van der Waals surface area contributed by atoms with Crippen LogP contribution in [0.4, 0.5) is 4.39 Å². The van der Waals surface area contributed by atoms with Crippen molar-refractivity contribution >= 4 is 32.6 Å². The topological polar surface area (TPSA) is 32.8 Å². The van der Waals surface area contributed by atoms with E-state index in [-0.39, 0.29) is 30.4 Å². The van der Waals surface area contributed by atoms with Gasteiger partial charge in [-0.25, -0.2) is 4.39 Å². The normalized spacial score (nSPS) is 19.5. The fourth-order valence-electron chi connectivity index (χ4n) is 4.14. The Labute approximate surface area is 190 Å². The van der Waals surface area contributed by atoms with Gasteiger partial charge in [0.15, 0.2) is 6.61 Å². The lowest BCUT2D eigenvalue weighted by molar-refractivity contribution is -0.139. The number of carbonyl (C=O) groups is 1. The van der Waals surface area contributed by atoms with Crippen LogP contribution < -0.4 is 4.74 Å². The van der Waals surface area contributed by atoms with Gasteiger partial charge in [-0.2, -0.15) is 0 Å². The predicted molar refractivity (Wildman–Crippen MR) is 125 cm³/mol. The Morgan fingerprint density at radius 2 is 1.77 bits per heavy atom. The number of halogens is 2. The molecule has 1 saturated heterocycles. The van der Waals surface area contributed by atoms with Crippen molar-refractivity contribution in [2.75, 3.05) is 19.7 Å². The standard InChI is InChI=1S/C25H26BrFN2O2/c1-17-14-29(18(2)13-28(17)15-19-7-10-21(27)11-8-19)24(30)16-31-23-12-9-20-5-3-4-6-22(20)25(23)26/h3-12,17-18H,13-16H2,1-2H3. The summed E-state index contributed by atoms with van der Waals surface area (Å²) in [5.41, 5.74) is 1.07. The summed E-state index contributed by atoms with van der Waals surface area (Å²) in [6.45, 7) is 6.34. The van der Waals surface area contributed by atoms with E-state index in [2.05, 4.69) is 34.7 Å². The lowest BCUT2D eigenvalue weighted by Gasteiger charge is -2.44. The molecule has 31 heavy (non-hydrogen) atoms. The number of hydrogen-bond donors (Lipinski definition) is 0. The molecule has 0 aliphatic carbocycles. The van der Waals surface area contributed by atoms with E-state index in [0.29, 0.717) is 12.3 Å². The maximum absolute atomic E-state index is 13.2. The van der Waals surface area contributed by atoms with E-state index in [1.165, 1.54) is 12.1 Å². The molecule has 0 radical (unpaired) electrons. The number of benzene rings is 3. The average Bonchev–Trinajstić information content (AvgIpc) is 2.77. The van der Waals surface area contributed by atoms with Crippen molar-refractivity contribution in [2.45, 2.75) is 32.5 Å². The van der Waals surface area contributed by atoms with Crippen molar-refractivity contribution in [1.29, 1.82) is 0 Å². The van der Waals surface area contributed by atoms with Gasteiger partial charge in [0.1, 0.15) is 11.6 Å². The molecule has 1 aliphatic rings. The number of piperazine rings is 1. The first-order chi connectivity index (χ1) is 14.9. The number of rotatable bonds is 5. The van der Waals surface area contributed by atoms with Gasteiger partial charge in [0.2, 0.25) is 0 Å². The highest BCUT2D eigenvalue weighted by molar-refractivity contribution is 9.10. The van der Waals surface area contributed by atoms with Gasteiger partial charge in [-0.05, 0) is 64.3 Å². The molecule has 0 aromatic heterocycles. The molecule has 2 atom stereocenters. The van der Waals surface area contributed by atoms with E-state index in [0.717, 1.165) is 33.9 Å². The van der Waals surface area contributed by atoms with Gasteiger partial charge in [-0.15, -0.1) is 0 Å². The van der Waals surface area contributed by atoms with Crippen LogP contribution in [0.3, 0.4) is 0 Å². The molecular weight excluding hydrogens is 459 g/mol. The predicted octanol–water partition coefficient (Wildman–Crippen LogP) is 5.24. The Bertz CT molecular complexity index is 1070. The number of hydrogen-bond acceptors (Lipinski definition) is 3. The van der Waals surface area contributed by atoms with Crippen LogP contribution >= 0.6 is 15.9 Å². The Hall–Kier alpha value is -2.44. The number of amides is 1. The molecule has 4 rings (SSSR count). The third-order valence-electron chi connectivity index (χ3n) is 5.91. The molecule has 0 N–H and O–H groups in total. The minimum absolute atomic E-state index is 0.00592. The highest BCUT2D eigenvalue weighted by atomic mass is 79.9. The fraction of sp³-hybridized carbons (Fsp3) is 0.320. The first kappa shape index (κ1) is 21.8. The molecular formula is C25H26BrFN2O2. The van der Waals surface area contributed by atoms with Crippen molar-refractivity contribution < 1.29 is 13.9 Å². The van der Waals surface area contributed by atoms with Crippen LogP contribution in [0.5, 0.6) is 5.75 Å². The summed E-state index contributed by atoms with van der Waals surface area (Å²) in [7, 11) is 0. The van der Waals surface area contributed by atoms with Gasteiger partial charge in [0, 0.05) is 31.7 Å². The number of ether oxygens (including phenoxy) is 1. The Balaban J connectivity index is 1.37. The number of carbonyl (C=O) groups excluding carboxylic acids is 1. The van der Waals surface area contributed by atoms with E-state index in [4.69, 9.17) is 4.74 Å². The molecule has 1 heterocycles. The lowest BCUT2D eigenvalue weighted by atomic mass is 10.1. The van der Waals surface area contributed by atoms with Crippen LogP contribution in [0, 0.1) is 5.82 Å². The largest absolute Gasteiger partial charge is 0.483 e. The third kappa shape index (κ3) is 4.91. The van der Waals surface area contributed by atoms with Crippen LogP contribution in [0.15, 0.2) is 65.1 Å². The minimum Gasteiger partial charge on any atom is -0.483 e. The van der Waals surface area contributed by atoms with E-state index in [9.17, 15) is 9.18 Å². The molecule has 3 aromatic rings. The van der Waals surface area contributed by atoms with Crippen molar-refractivity contribution in [3.05, 3.63) is 76.5 Å². The molecule has 162 valence electrons. The zero-order valence-electron chi connectivity index (χ0n) is 17.7. The van der Waals surface area contributed by atoms with Gasteiger partial charge in [0.25, 0.3) is 5.91 Å². The van der Waals surface area contributed by atoms with Crippen molar-refractivity contribution in [3.8, 4) is 5.75 Å². The Kier molecular flexibility index (Phi) is 6.58. The summed E-state index contributed by atoms with van der Waals surface area (Å²) in [6.07, 6.45) is 0. The second kappa shape index (κ2) is 9.37. The van der Waals surface area contributed by atoms with E-state index in [1.54, 1.807) is 0 Å². The highest BCUT2D eigenvalue weighted by Crippen LogP contribution is 2.33. The summed E-state index contributed by atoms with van der Waals surface area (Å²) < 4.78 is 19.9. The van der Waals surface area contributed by atoms with Gasteiger partial charge in [0.05, 0.1) is 4.47 Å². The average molecular weight is 485 g/mol. The summed E-state index contributed by atoms with van der Waals surface area (Å²) in [5, 5.41) is 2.18. The number of nitrogens with zero attached hydrogens (tertiary/aromatic N) is 2. The first-order valence-corrected chi connectivity index (χ1v) is 11.3. The SMILES string of the molecule is CC1CN(C(=O)COc2ccc3ccccc3c2Br)C(C)CN1Cc1ccc(F)cc1. The summed E-state index contributed by atoms with van der Waals surface area (Å²) in [4.78, 5) is 17.2. The number of fused-ring (bicyclic) bond motifs is 1. The molecule has 1 fully saturated rings. The molecule has 1 aliphatic heterocycles. The van der Waals surface area contributed by atoms with E-state index >= 15 is 0 Å². The first-order valence-electron chi connectivity index (χ1n) is 10.5. The molecule has 0 bridgehead atoms. The van der Waals surface area contributed by atoms with E-state index < -0.39 is 0 Å². The zero-order chi connectivity index (χ0) is 22.0. The van der Waals surface area contributed by atoms with Crippen LogP contribution in [-0.4, -0.2) is 47.5 Å². The molecule has 4 nitrogen and oxygen atoms in total. The van der Waals surface area contributed by atoms with Crippen LogP contribution in [0.1, 0.15) is 19.4 Å². The molecule has 3 aromatic carbocycles. The summed E-state index contributed by atoms with van der Waals surface area (Å²) in [5.74, 6) is 0.433. The second-order valence-electron chi connectivity index (χ2n) is 8.19. The van der Waals surface area contributed by atoms with Crippen molar-refractivity contribution in [2.24, 2.45) is 0 Å². The van der Waals surface area contributed by atoms with Gasteiger partial charge in [-0.1, -0.05) is 42.5 Å². The van der Waals surface area contributed by atoms with Crippen LogP contribution in [0.25, 0.3) is 10.8 Å². The van der Waals surface area contributed by atoms with Gasteiger partial charge >= 0.3 is 0 Å². The summed E-state index contributed by atoms with van der Waals surface area (Å²) >= 11 is 3.61. The quantitative estimate of drug-likeness (QED) is 0.496. The van der Waals surface area contributed by atoms with Crippen molar-refractivity contribution in [1.82, 2.24) is 9.80 Å². The van der Waals surface area contributed by atoms with Crippen molar-refractivity contribution in [3.63, 3.8) is 0 Å². The lowest BCUT2D eigenvalue weighted by Crippen LogP contribution is -2.58. The van der Waals surface area contributed by atoms with E-state index in [1.807, 2.05) is 53.4 Å². The maximum Gasteiger partial charge on any atom is 0.260 e. The summed E-state index contributed by atoms with van der Waals surface area (Å²) in [6, 6.07) is 18.8. The van der Waals surface area contributed by atoms with Crippen LogP contribution in [-0.2, 0) is 11.3 Å². The molecule has 6 heteroatoms. The highest BCUT2D eigenvalue weighted by Gasteiger charge is 2.32. The molecule has 0 saturated carbocycles. The molecule has 1 amide bonds.